The third-order valence-corrected chi connectivity index (χ3v) is 6.44. The number of aliphatic imine (C=N–C) groups is 1. The van der Waals surface area contributed by atoms with Crippen molar-refractivity contribution in [3.63, 3.8) is 0 Å². The van der Waals surface area contributed by atoms with E-state index in [4.69, 9.17) is 24.6 Å². The van der Waals surface area contributed by atoms with Crippen molar-refractivity contribution in [2.45, 2.75) is 34.1 Å². The molecule has 0 saturated heterocycles. The zero-order valence-corrected chi connectivity index (χ0v) is 21.8. The van der Waals surface area contributed by atoms with Crippen molar-refractivity contribution in [1.29, 1.82) is 0 Å². The number of aryl methyl sites for hydroxylation is 2. The van der Waals surface area contributed by atoms with Crippen LogP contribution in [0.5, 0.6) is 5.75 Å². The summed E-state index contributed by atoms with van der Waals surface area (Å²) < 4.78 is 12.2. The van der Waals surface area contributed by atoms with Crippen LogP contribution in [0.4, 0.5) is 11.4 Å². The Morgan fingerprint density at radius 2 is 1.86 bits per heavy atom. The van der Waals surface area contributed by atoms with Gasteiger partial charge in [0.1, 0.15) is 17.2 Å². The molecule has 3 aromatic rings. The molecule has 1 aliphatic heterocycles. The van der Waals surface area contributed by atoms with Crippen LogP contribution in [0.15, 0.2) is 57.4 Å². The fourth-order valence-corrected chi connectivity index (χ4v) is 4.44. The minimum Gasteiger partial charge on any atom is -0.496 e. The first kappa shape index (κ1) is 25.3. The van der Waals surface area contributed by atoms with E-state index in [2.05, 4.69) is 24.0 Å². The number of ether oxygens (including phenoxy) is 2. The van der Waals surface area contributed by atoms with Crippen molar-refractivity contribution >= 4 is 22.8 Å². The monoisotopic (exact) mass is 487 g/mol. The lowest BCUT2D eigenvalue weighted by molar-refractivity contribution is 0.205. The van der Waals surface area contributed by atoms with Crippen molar-refractivity contribution < 1.29 is 9.47 Å². The van der Waals surface area contributed by atoms with Crippen LogP contribution in [0.3, 0.4) is 0 Å². The van der Waals surface area contributed by atoms with Crippen LogP contribution in [-0.2, 0) is 11.2 Å². The third-order valence-electron chi connectivity index (χ3n) is 6.44. The van der Waals surface area contributed by atoms with E-state index in [1.165, 1.54) is 4.68 Å². The molecule has 1 aliphatic rings. The van der Waals surface area contributed by atoms with E-state index >= 15 is 0 Å². The molecule has 2 aromatic carbocycles. The van der Waals surface area contributed by atoms with Crippen molar-refractivity contribution in [1.82, 2.24) is 9.66 Å². The molecule has 0 amide bonds. The zero-order chi connectivity index (χ0) is 25.8. The summed E-state index contributed by atoms with van der Waals surface area (Å²) in [5.41, 5.74) is 5.96. The van der Waals surface area contributed by atoms with E-state index in [0.29, 0.717) is 47.3 Å². The van der Waals surface area contributed by atoms with Crippen molar-refractivity contribution in [2.75, 3.05) is 38.8 Å². The second-order valence-electron chi connectivity index (χ2n) is 8.62. The topological polar surface area (TPSA) is 81.3 Å². The largest absolute Gasteiger partial charge is 0.496 e. The molecule has 0 aliphatic carbocycles. The maximum Gasteiger partial charge on any atom is 0.277 e. The number of hydrogen-bond donors (Lipinski definition) is 0. The molecule has 0 atom stereocenters. The summed E-state index contributed by atoms with van der Waals surface area (Å²) in [6.07, 6.45) is 0.585. The van der Waals surface area contributed by atoms with Gasteiger partial charge >= 0.3 is 0 Å². The molecule has 0 unspecified atom stereocenters. The Labute approximate surface area is 211 Å². The standard InChI is InChI=1S/C28H33N5O3/c1-7-21-19(4)29-27-26(25(31-33(27)28(21)34)22-11-9-10-12-24(22)36-6)30-23-14-13-20(17-18(23)3)32(8-2)15-16-35-5/h9-14,17H,7-8,15-16H2,1-6H3. The summed E-state index contributed by atoms with van der Waals surface area (Å²) in [5.74, 6) is 1.09. The van der Waals surface area contributed by atoms with Crippen LogP contribution in [0.25, 0.3) is 0 Å². The van der Waals surface area contributed by atoms with Gasteiger partial charge in [-0.1, -0.05) is 19.1 Å². The number of rotatable bonds is 9. The average molecular weight is 488 g/mol. The van der Waals surface area contributed by atoms with Gasteiger partial charge in [-0.25, -0.2) is 9.98 Å². The molecule has 4 rings (SSSR count). The molecule has 36 heavy (non-hydrogen) atoms. The molecule has 0 N–H and O–H groups in total. The van der Waals surface area contributed by atoms with Gasteiger partial charge in [-0.3, -0.25) is 4.79 Å². The van der Waals surface area contributed by atoms with E-state index in [1.54, 1.807) is 14.2 Å². The van der Waals surface area contributed by atoms with Gasteiger partial charge in [0.2, 0.25) is 0 Å². The Kier molecular flexibility index (Phi) is 7.64. The maximum absolute atomic E-state index is 13.3. The summed E-state index contributed by atoms with van der Waals surface area (Å²) in [6, 6.07) is 13.8. The minimum atomic E-state index is -0.165. The summed E-state index contributed by atoms with van der Waals surface area (Å²) >= 11 is 0. The van der Waals surface area contributed by atoms with Crippen molar-refractivity contribution in [3.05, 3.63) is 81.0 Å². The zero-order valence-electron chi connectivity index (χ0n) is 21.8. The quantitative estimate of drug-likeness (QED) is 0.450. The number of hydrogen-bond acceptors (Lipinski definition) is 7. The van der Waals surface area contributed by atoms with Crippen molar-refractivity contribution in [2.24, 2.45) is 10.1 Å². The second-order valence-corrected chi connectivity index (χ2v) is 8.62. The Morgan fingerprint density at radius 1 is 1.08 bits per heavy atom. The van der Waals surface area contributed by atoms with Gasteiger partial charge in [0.25, 0.3) is 5.56 Å². The van der Waals surface area contributed by atoms with E-state index < -0.39 is 0 Å². The van der Waals surface area contributed by atoms with Gasteiger partial charge in [-0.05, 0) is 63.1 Å². The molecule has 2 heterocycles. The molecule has 8 heteroatoms. The first-order valence-corrected chi connectivity index (χ1v) is 12.2. The van der Waals surface area contributed by atoms with E-state index in [0.717, 1.165) is 35.6 Å². The number of likely N-dealkylation sites (N-methyl/N-ethyl adjacent to an activating group) is 1. The summed E-state index contributed by atoms with van der Waals surface area (Å²) in [4.78, 5) is 25.3. The fraction of sp³-hybridized carbons (Fsp3) is 0.357. The first-order chi connectivity index (χ1) is 17.4. The number of para-hydroxylation sites is 1. The van der Waals surface area contributed by atoms with Crippen LogP contribution >= 0.6 is 0 Å². The highest BCUT2D eigenvalue weighted by molar-refractivity contribution is 6.54. The van der Waals surface area contributed by atoms with Crippen LogP contribution in [0.2, 0.25) is 0 Å². The fourth-order valence-electron chi connectivity index (χ4n) is 4.44. The Balaban J connectivity index is 1.87. The predicted octanol–water partition coefficient (Wildman–Crippen LogP) is 4.29. The Morgan fingerprint density at radius 3 is 2.53 bits per heavy atom. The van der Waals surface area contributed by atoms with Gasteiger partial charge in [0.15, 0.2) is 5.82 Å². The van der Waals surface area contributed by atoms with Gasteiger partial charge < -0.3 is 14.4 Å². The smallest absolute Gasteiger partial charge is 0.277 e. The molecular formula is C28H33N5O3. The lowest BCUT2D eigenvalue weighted by Crippen LogP contribution is -2.26. The van der Waals surface area contributed by atoms with Gasteiger partial charge in [0, 0.05) is 42.7 Å². The van der Waals surface area contributed by atoms with E-state index in [1.807, 2.05) is 51.1 Å². The molecule has 0 fully saturated rings. The molecular weight excluding hydrogens is 454 g/mol. The van der Waals surface area contributed by atoms with Gasteiger partial charge in [-0.2, -0.15) is 9.78 Å². The average Bonchev–Trinajstić information content (AvgIpc) is 3.24. The molecule has 188 valence electrons. The van der Waals surface area contributed by atoms with Crippen LogP contribution in [0.1, 0.15) is 42.1 Å². The highest BCUT2D eigenvalue weighted by Crippen LogP contribution is 2.29. The van der Waals surface area contributed by atoms with E-state index in [9.17, 15) is 4.79 Å². The summed E-state index contributed by atoms with van der Waals surface area (Å²) in [7, 11) is 3.33. The van der Waals surface area contributed by atoms with E-state index in [-0.39, 0.29) is 5.56 Å². The number of aromatic nitrogens is 2. The lowest BCUT2D eigenvalue weighted by Gasteiger charge is -2.23. The van der Waals surface area contributed by atoms with Crippen molar-refractivity contribution in [3.8, 4) is 5.75 Å². The number of anilines is 1. The van der Waals surface area contributed by atoms with Crippen LogP contribution < -0.4 is 15.2 Å². The SMILES string of the molecule is CCc1c(C)nc2n(c1=O)N=C(c1ccccc1OC)C2=Nc1ccc(N(CC)CCOC)cc1C. The third kappa shape index (κ3) is 4.68. The minimum absolute atomic E-state index is 0.165. The number of methoxy groups -OCH3 is 2. The number of fused-ring (bicyclic) bond motifs is 1. The summed E-state index contributed by atoms with van der Waals surface area (Å²) in [5, 5.41) is 4.71. The molecule has 0 saturated carbocycles. The highest BCUT2D eigenvalue weighted by atomic mass is 16.5. The van der Waals surface area contributed by atoms with Gasteiger partial charge in [0.05, 0.1) is 19.4 Å². The van der Waals surface area contributed by atoms with Crippen LogP contribution in [0, 0.1) is 13.8 Å². The molecule has 0 radical (unpaired) electrons. The first-order valence-electron chi connectivity index (χ1n) is 12.2. The normalized spacial score (nSPS) is 13.6. The molecule has 8 nitrogen and oxygen atoms in total. The highest BCUT2D eigenvalue weighted by Gasteiger charge is 2.30. The van der Waals surface area contributed by atoms with Gasteiger partial charge in [-0.15, -0.1) is 0 Å². The molecule has 0 bridgehead atoms. The number of nitrogens with zero attached hydrogens (tertiary/aromatic N) is 5. The predicted molar refractivity (Wildman–Crippen MR) is 145 cm³/mol. The number of benzene rings is 2. The Bertz CT molecular complexity index is 1390. The maximum atomic E-state index is 13.3. The Hall–Kier alpha value is -3.78. The second kappa shape index (κ2) is 10.9. The lowest BCUT2D eigenvalue weighted by atomic mass is 10.0. The summed E-state index contributed by atoms with van der Waals surface area (Å²) in [6.45, 7) is 10.3. The molecule has 0 spiro atoms. The molecule has 1 aromatic heterocycles. The van der Waals surface area contributed by atoms with Crippen LogP contribution in [-0.4, -0.2) is 55.0 Å².